The molecule has 0 bridgehead atoms. The number of nitrogens with zero attached hydrogens (tertiary/aromatic N) is 2. The molecule has 7 heteroatoms. The van der Waals surface area contributed by atoms with E-state index >= 15 is 0 Å². The van der Waals surface area contributed by atoms with Gasteiger partial charge in [-0.15, -0.1) is 11.8 Å². The minimum Gasteiger partial charge on any atom is -0.480 e. The average Bonchev–Trinajstić information content (AvgIpc) is 2.88. The van der Waals surface area contributed by atoms with E-state index in [9.17, 15) is 9.59 Å². The van der Waals surface area contributed by atoms with Crippen LogP contribution in [0.2, 0.25) is 0 Å². The number of thioether (sulfide) groups is 1. The number of likely N-dealkylation sites (tertiary alicyclic amines) is 1. The van der Waals surface area contributed by atoms with Crippen molar-refractivity contribution in [2.45, 2.75) is 37.8 Å². The molecule has 0 radical (unpaired) electrons. The Morgan fingerprint density at radius 2 is 2.05 bits per heavy atom. The Kier molecular flexibility index (Phi) is 4.93. The van der Waals surface area contributed by atoms with Crippen LogP contribution in [0.25, 0.3) is 0 Å². The Balaban J connectivity index is 2.06. The maximum absolute atomic E-state index is 12.5. The summed E-state index contributed by atoms with van der Waals surface area (Å²) >= 11 is 1.47. The zero-order chi connectivity index (χ0) is 13.8. The summed E-state index contributed by atoms with van der Waals surface area (Å²) in [6, 6.07) is -0.851. The van der Waals surface area contributed by atoms with Gasteiger partial charge in [0, 0.05) is 24.9 Å². The van der Waals surface area contributed by atoms with Crippen LogP contribution < -0.4 is 0 Å². The van der Waals surface area contributed by atoms with Crippen molar-refractivity contribution in [1.82, 2.24) is 9.80 Å². The summed E-state index contributed by atoms with van der Waals surface area (Å²) in [5, 5.41) is 18.2. The number of aliphatic hydroxyl groups is 1. The standard InChI is InChI=1S/C12H20N2O4S/c15-6-4-9-3-1-2-5-13(9)12(18)14-8-19-7-10(14)11(16)17/h9-10,15H,1-8H2,(H,16,17)/t9?,10-/m0/s1. The lowest BCUT2D eigenvalue weighted by molar-refractivity contribution is -0.141. The fourth-order valence-electron chi connectivity index (χ4n) is 2.70. The number of piperidine rings is 1. The average molecular weight is 288 g/mol. The maximum Gasteiger partial charge on any atom is 0.327 e. The number of rotatable bonds is 3. The quantitative estimate of drug-likeness (QED) is 0.803. The van der Waals surface area contributed by atoms with Crippen LogP contribution in [0.3, 0.4) is 0 Å². The van der Waals surface area contributed by atoms with Gasteiger partial charge in [-0.05, 0) is 25.7 Å². The van der Waals surface area contributed by atoms with Gasteiger partial charge in [-0.3, -0.25) is 0 Å². The van der Waals surface area contributed by atoms with E-state index in [1.54, 1.807) is 4.90 Å². The van der Waals surface area contributed by atoms with Crippen LogP contribution in [0.4, 0.5) is 4.79 Å². The van der Waals surface area contributed by atoms with Crippen LogP contribution in [0.5, 0.6) is 0 Å². The number of hydrogen-bond donors (Lipinski definition) is 2. The van der Waals surface area contributed by atoms with E-state index in [2.05, 4.69) is 0 Å². The van der Waals surface area contributed by atoms with Gasteiger partial charge < -0.3 is 20.0 Å². The number of hydrogen-bond acceptors (Lipinski definition) is 4. The van der Waals surface area contributed by atoms with Gasteiger partial charge in [-0.25, -0.2) is 9.59 Å². The van der Waals surface area contributed by atoms with Gasteiger partial charge in [0.15, 0.2) is 0 Å². The summed E-state index contributed by atoms with van der Waals surface area (Å²) in [5.41, 5.74) is 0. The number of carboxylic acid groups (broad SMARTS) is 1. The molecule has 2 heterocycles. The highest BCUT2D eigenvalue weighted by molar-refractivity contribution is 7.99. The molecule has 19 heavy (non-hydrogen) atoms. The monoisotopic (exact) mass is 288 g/mol. The lowest BCUT2D eigenvalue weighted by atomic mass is 10.00. The molecule has 2 aliphatic heterocycles. The molecule has 2 atom stereocenters. The molecule has 2 amide bonds. The number of aliphatic hydroxyl groups excluding tert-OH is 1. The van der Waals surface area contributed by atoms with E-state index in [4.69, 9.17) is 10.2 Å². The van der Waals surface area contributed by atoms with E-state index in [0.717, 1.165) is 19.3 Å². The van der Waals surface area contributed by atoms with E-state index < -0.39 is 12.0 Å². The zero-order valence-electron chi connectivity index (χ0n) is 10.8. The smallest absolute Gasteiger partial charge is 0.327 e. The van der Waals surface area contributed by atoms with Gasteiger partial charge in [0.1, 0.15) is 6.04 Å². The molecular weight excluding hydrogens is 268 g/mol. The lowest BCUT2D eigenvalue weighted by Gasteiger charge is -2.38. The molecule has 2 rings (SSSR count). The van der Waals surface area contributed by atoms with E-state index in [1.165, 1.54) is 16.7 Å². The largest absolute Gasteiger partial charge is 0.480 e. The zero-order valence-corrected chi connectivity index (χ0v) is 11.6. The van der Waals surface area contributed by atoms with Gasteiger partial charge in [0.2, 0.25) is 0 Å². The van der Waals surface area contributed by atoms with E-state index in [0.29, 0.717) is 24.6 Å². The van der Waals surface area contributed by atoms with Crippen molar-refractivity contribution in [3.05, 3.63) is 0 Å². The van der Waals surface area contributed by atoms with E-state index in [1.807, 2.05) is 0 Å². The Bertz CT molecular complexity index is 351. The van der Waals surface area contributed by atoms with Crippen LogP contribution >= 0.6 is 11.8 Å². The van der Waals surface area contributed by atoms with Crippen molar-refractivity contribution in [2.24, 2.45) is 0 Å². The summed E-state index contributed by atoms with van der Waals surface area (Å²) in [6.07, 6.45) is 3.48. The van der Waals surface area contributed by atoms with E-state index in [-0.39, 0.29) is 18.7 Å². The normalized spacial score (nSPS) is 27.6. The first-order chi connectivity index (χ1) is 9.15. The third-order valence-electron chi connectivity index (χ3n) is 3.75. The van der Waals surface area contributed by atoms with Crippen molar-refractivity contribution in [3.63, 3.8) is 0 Å². The highest BCUT2D eigenvalue weighted by atomic mass is 32.2. The molecule has 2 N–H and O–H groups in total. The molecule has 0 aromatic carbocycles. The number of aliphatic carboxylic acids is 1. The van der Waals surface area contributed by atoms with Crippen LogP contribution in [0.15, 0.2) is 0 Å². The number of carboxylic acids is 1. The summed E-state index contributed by atoms with van der Waals surface area (Å²) < 4.78 is 0. The molecule has 6 nitrogen and oxygen atoms in total. The SMILES string of the molecule is O=C(O)[C@@H]1CSCN1C(=O)N1CCCCC1CCO. The van der Waals surface area contributed by atoms with Gasteiger partial charge in [-0.1, -0.05) is 0 Å². The van der Waals surface area contributed by atoms with Crippen molar-refractivity contribution >= 4 is 23.8 Å². The Labute approximate surface area is 116 Å². The molecule has 1 unspecified atom stereocenters. The second-order valence-corrected chi connectivity index (χ2v) is 5.96. The van der Waals surface area contributed by atoms with Gasteiger partial charge in [0.05, 0.1) is 5.88 Å². The molecule has 2 saturated heterocycles. The molecule has 0 aromatic heterocycles. The molecular formula is C12H20N2O4S. The van der Waals surface area contributed by atoms with Crippen molar-refractivity contribution in [3.8, 4) is 0 Å². The fourth-order valence-corrected chi connectivity index (χ4v) is 3.84. The number of carbonyl (C=O) groups is 2. The van der Waals surface area contributed by atoms with Gasteiger partial charge in [-0.2, -0.15) is 0 Å². The maximum atomic E-state index is 12.5. The molecule has 0 spiro atoms. The third-order valence-corrected chi connectivity index (χ3v) is 4.76. The van der Waals surface area contributed by atoms with Crippen LogP contribution in [0, 0.1) is 0 Å². The Hall–Kier alpha value is -0.950. The minimum absolute atomic E-state index is 0.0475. The van der Waals surface area contributed by atoms with Crippen molar-refractivity contribution < 1.29 is 19.8 Å². The highest BCUT2D eigenvalue weighted by Gasteiger charge is 2.39. The first-order valence-corrected chi connectivity index (χ1v) is 7.79. The first kappa shape index (κ1) is 14.5. The summed E-state index contributed by atoms with van der Waals surface area (Å²) in [7, 11) is 0. The van der Waals surface area contributed by atoms with Gasteiger partial charge >= 0.3 is 12.0 Å². The predicted molar refractivity (Wildman–Crippen MR) is 72.0 cm³/mol. The lowest BCUT2D eigenvalue weighted by Crippen LogP contribution is -2.53. The van der Waals surface area contributed by atoms with Crippen LogP contribution in [-0.2, 0) is 4.79 Å². The highest BCUT2D eigenvalue weighted by Crippen LogP contribution is 2.26. The Morgan fingerprint density at radius 1 is 1.26 bits per heavy atom. The summed E-state index contributed by atoms with van der Waals surface area (Å²) in [4.78, 5) is 26.8. The summed E-state index contributed by atoms with van der Waals surface area (Å²) in [6.45, 7) is 0.725. The number of amides is 2. The second kappa shape index (κ2) is 6.47. The summed E-state index contributed by atoms with van der Waals surface area (Å²) in [5.74, 6) is -0.0355. The molecule has 0 aromatic rings. The topological polar surface area (TPSA) is 81.1 Å². The first-order valence-electron chi connectivity index (χ1n) is 6.63. The predicted octanol–water partition coefficient (Wildman–Crippen LogP) is 0.803. The molecule has 2 fully saturated rings. The molecule has 2 aliphatic rings. The van der Waals surface area contributed by atoms with Crippen LogP contribution in [0.1, 0.15) is 25.7 Å². The fraction of sp³-hybridized carbons (Fsp3) is 0.833. The van der Waals surface area contributed by atoms with Gasteiger partial charge in [0.25, 0.3) is 0 Å². The van der Waals surface area contributed by atoms with Crippen molar-refractivity contribution in [1.29, 1.82) is 0 Å². The molecule has 108 valence electrons. The van der Waals surface area contributed by atoms with Crippen molar-refractivity contribution in [2.75, 3.05) is 24.8 Å². The third kappa shape index (κ3) is 3.14. The molecule has 0 saturated carbocycles. The number of urea groups is 1. The Morgan fingerprint density at radius 3 is 2.74 bits per heavy atom. The number of carbonyl (C=O) groups excluding carboxylic acids is 1. The molecule has 0 aliphatic carbocycles. The minimum atomic E-state index is -0.936. The second-order valence-electron chi connectivity index (χ2n) is 4.96. The van der Waals surface area contributed by atoms with Crippen LogP contribution in [-0.4, -0.2) is 68.9 Å².